The monoisotopic (exact) mass is 306 g/mol. The summed E-state index contributed by atoms with van der Waals surface area (Å²) >= 11 is 6.07. The van der Waals surface area contributed by atoms with Crippen LogP contribution >= 0.6 is 11.6 Å². The van der Waals surface area contributed by atoms with Crippen LogP contribution in [0, 0.1) is 11.8 Å². The molecule has 6 heteroatoms. The first-order valence-electron chi connectivity index (χ1n) is 6.45. The molecule has 2 amide bonds. The number of amides is 2. The molecule has 0 spiro atoms. The van der Waals surface area contributed by atoms with E-state index in [4.69, 9.17) is 16.7 Å². The van der Waals surface area contributed by atoms with Crippen LogP contribution in [-0.2, 0) is 4.79 Å². The van der Waals surface area contributed by atoms with E-state index in [0.717, 1.165) is 0 Å². The van der Waals surface area contributed by atoms with Gasteiger partial charge in [0.2, 0.25) is 5.91 Å². The first kappa shape index (κ1) is 15.4. The summed E-state index contributed by atoms with van der Waals surface area (Å²) in [5.41, 5.74) is 0.976. The molecule has 1 saturated heterocycles. The highest BCUT2D eigenvalue weighted by molar-refractivity contribution is 6.32. The smallest absolute Gasteiger partial charge is 0.254 e. The van der Waals surface area contributed by atoms with Gasteiger partial charge in [-0.3, -0.25) is 9.59 Å². The molecule has 5 nitrogen and oxygen atoms in total. The minimum Gasteiger partial charge on any atom is -0.384 e. The fraction of sp³-hybridized carbons (Fsp3) is 0.333. The zero-order chi connectivity index (χ0) is 15.4. The Labute approximate surface area is 128 Å². The fourth-order valence-electron chi connectivity index (χ4n) is 2.00. The summed E-state index contributed by atoms with van der Waals surface area (Å²) < 4.78 is 0. The van der Waals surface area contributed by atoms with Gasteiger partial charge in [-0.05, 0) is 18.2 Å². The molecule has 1 N–H and O–H groups in total. The SMILES string of the molecule is CN1CCN(C(=O)c2ccc(C#CCO)c(Cl)c2)CC1=O. The Morgan fingerprint density at radius 1 is 1.43 bits per heavy atom. The van der Waals surface area contributed by atoms with Crippen LogP contribution in [-0.4, -0.2) is 60.0 Å². The van der Waals surface area contributed by atoms with Gasteiger partial charge in [0, 0.05) is 31.3 Å². The minimum absolute atomic E-state index is 0.0777. The molecule has 21 heavy (non-hydrogen) atoms. The second-order valence-corrected chi connectivity index (χ2v) is 5.10. The van der Waals surface area contributed by atoms with Crippen molar-refractivity contribution in [3.8, 4) is 11.8 Å². The Bertz CT molecular complexity index is 634. The third kappa shape index (κ3) is 3.54. The maximum atomic E-state index is 12.4. The van der Waals surface area contributed by atoms with Crippen LogP contribution in [0.5, 0.6) is 0 Å². The van der Waals surface area contributed by atoms with Crippen LogP contribution in [0.2, 0.25) is 5.02 Å². The molecule has 0 bridgehead atoms. The summed E-state index contributed by atoms with van der Waals surface area (Å²) in [7, 11) is 1.72. The average Bonchev–Trinajstić information content (AvgIpc) is 2.48. The molecule has 0 aliphatic carbocycles. The Morgan fingerprint density at radius 2 is 2.19 bits per heavy atom. The van der Waals surface area contributed by atoms with Crippen molar-refractivity contribution >= 4 is 23.4 Å². The van der Waals surface area contributed by atoms with Crippen LogP contribution < -0.4 is 0 Å². The van der Waals surface area contributed by atoms with E-state index in [1.807, 2.05) is 0 Å². The van der Waals surface area contributed by atoms with E-state index in [-0.39, 0.29) is 25.0 Å². The summed E-state index contributed by atoms with van der Waals surface area (Å²) in [4.78, 5) is 27.1. The average molecular weight is 307 g/mol. The highest BCUT2D eigenvalue weighted by Gasteiger charge is 2.25. The Balaban J connectivity index is 2.17. The van der Waals surface area contributed by atoms with Crippen LogP contribution in [0.25, 0.3) is 0 Å². The summed E-state index contributed by atoms with van der Waals surface area (Å²) in [6.07, 6.45) is 0. The Kier molecular flexibility index (Phi) is 4.84. The predicted molar refractivity (Wildman–Crippen MR) is 79.0 cm³/mol. The van der Waals surface area contributed by atoms with E-state index in [9.17, 15) is 9.59 Å². The number of hydrogen-bond acceptors (Lipinski definition) is 3. The first-order chi connectivity index (χ1) is 10.0. The molecular formula is C15H15ClN2O3. The molecular weight excluding hydrogens is 292 g/mol. The highest BCUT2D eigenvalue weighted by Crippen LogP contribution is 2.19. The minimum atomic E-state index is -0.250. The van der Waals surface area contributed by atoms with E-state index < -0.39 is 0 Å². The van der Waals surface area contributed by atoms with E-state index in [1.54, 1.807) is 24.1 Å². The zero-order valence-electron chi connectivity index (χ0n) is 11.6. The fourth-order valence-corrected chi connectivity index (χ4v) is 2.23. The van der Waals surface area contributed by atoms with E-state index in [0.29, 0.717) is 29.2 Å². The number of benzene rings is 1. The Hall–Kier alpha value is -2.03. The van der Waals surface area contributed by atoms with Crippen molar-refractivity contribution in [3.63, 3.8) is 0 Å². The maximum absolute atomic E-state index is 12.4. The van der Waals surface area contributed by atoms with Gasteiger partial charge in [0.15, 0.2) is 0 Å². The van der Waals surface area contributed by atoms with Crippen molar-refractivity contribution in [1.29, 1.82) is 0 Å². The third-order valence-electron chi connectivity index (χ3n) is 3.26. The van der Waals surface area contributed by atoms with Crippen LogP contribution in [0.15, 0.2) is 18.2 Å². The lowest BCUT2D eigenvalue weighted by atomic mass is 10.1. The standard InChI is InChI=1S/C15H15ClN2O3/c1-17-6-7-18(10-14(17)20)15(21)12-5-4-11(3-2-8-19)13(16)9-12/h4-5,9,19H,6-8,10H2,1H3. The molecule has 0 aromatic heterocycles. The largest absolute Gasteiger partial charge is 0.384 e. The van der Waals surface area contributed by atoms with E-state index in [1.165, 1.54) is 11.0 Å². The number of likely N-dealkylation sites (N-methyl/N-ethyl adjacent to an activating group) is 1. The molecule has 0 unspecified atom stereocenters. The molecule has 1 heterocycles. The van der Waals surface area contributed by atoms with E-state index in [2.05, 4.69) is 11.8 Å². The van der Waals surface area contributed by atoms with Crippen molar-refractivity contribution in [2.24, 2.45) is 0 Å². The van der Waals surface area contributed by atoms with Gasteiger partial charge in [-0.15, -0.1) is 0 Å². The third-order valence-corrected chi connectivity index (χ3v) is 3.58. The van der Waals surface area contributed by atoms with Gasteiger partial charge in [-0.1, -0.05) is 23.4 Å². The van der Waals surface area contributed by atoms with Crippen molar-refractivity contribution in [1.82, 2.24) is 9.80 Å². The normalized spacial score (nSPS) is 14.7. The molecule has 2 rings (SSSR count). The van der Waals surface area contributed by atoms with Crippen molar-refractivity contribution in [2.75, 3.05) is 33.3 Å². The van der Waals surface area contributed by atoms with Crippen LogP contribution in [0.1, 0.15) is 15.9 Å². The van der Waals surface area contributed by atoms with Gasteiger partial charge in [0.25, 0.3) is 5.91 Å². The lowest BCUT2D eigenvalue weighted by molar-refractivity contribution is -0.133. The molecule has 1 aromatic rings. The number of halogens is 1. The lowest BCUT2D eigenvalue weighted by Crippen LogP contribution is -2.50. The topological polar surface area (TPSA) is 60.9 Å². The zero-order valence-corrected chi connectivity index (χ0v) is 12.4. The Morgan fingerprint density at radius 3 is 2.81 bits per heavy atom. The predicted octanol–water partition coefficient (Wildman–Crippen LogP) is 0.598. The number of nitrogens with zero attached hydrogens (tertiary/aromatic N) is 2. The number of carbonyl (C=O) groups excluding carboxylic acids is 2. The number of carbonyl (C=O) groups is 2. The van der Waals surface area contributed by atoms with Gasteiger partial charge in [-0.2, -0.15) is 0 Å². The second-order valence-electron chi connectivity index (χ2n) is 4.70. The molecule has 0 saturated carbocycles. The number of aliphatic hydroxyl groups excluding tert-OH is 1. The molecule has 1 aliphatic heterocycles. The van der Waals surface area contributed by atoms with Crippen molar-refractivity contribution in [2.45, 2.75) is 0 Å². The summed E-state index contributed by atoms with van der Waals surface area (Å²) in [6.45, 7) is 0.864. The van der Waals surface area contributed by atoms with Gasteiger partial charge in [0.1, 0.15) is 13.2 Å². The van der Waals surface area contributed by atoms with Crippen molar-refractivity contribution < 1.29 is 14.7 Å². The first-order valence-corrected chi connectivity index (χ1v) is 6.83. The maximum Gasteiger partial charge on any atom is 0.254 e. The van der Waals surface area contributed by atoms with Crippen molar-refractivity contribution in [3.05, 3.63) is 34.3 Å². The molecule has 1 aromatic carbocycles. The quantitative estimate of drug-likeness (QED) is 0.773. The number of rotatable bonds is 1. The number of piperazine rings is 1. The molecule has 0 atom stereocenters. The second kappa shape index (κ2) is 6.61. The van der Waals surface area contributed by atoms with Gasteiger partial charge < -0.3 is 14.9 Å². The number of aliphatic hydroxyl groups is 1. The molecule has 110 valence electrons. The van der Waals surface area contributed by atoms with Gasteiger partial charge >= 0.3 is 0 Å². The lowest BCUT2D eigenvalue weighted by Gasteiger charge is -2.32. The molecule has 1 aliphatic rings. The number of hydrogen-bond donors (Lipinski definition) is 1. The molecule has 0 radical (unpaired) electrons. The van der Waals surface area contributed by atoms with Gasteiger partial charge in [-0.25, -0.2) is 0 Å². The van der Waals surface area contributed by atoms with E-state index >= 15 is 0 Å². The molecule has 1 fully saturated rings. The summed E-state index contributed by atoms with van der Waals surface area (Å²) in [5.74, 6) is 4.91. The summed E-state index contributed by atoms with van der Waals surface area (Å²) in [5, 5.41) is 9.01. The highest BCUT2D eigenvalue weighted by atomic mass is 35.5. The van der Waals surface area contributed by atoms with Crippen LogP contribution in [0.3, 0.4) is 0 Å². The van der Waals surface area contributed by atoms with Crippen LogP contribution in [0.4, 0.5) is 0 Å². The summed E-state index contributed by atoms with van der Waals surface area (Å²) in [6, 6.07) is 4.79. The van der Waals surface area contributed by atoms with Gasteiger partial charge in [0.05, 0.1) is 5.02 Å².